The summed E-state index contributed by atoms with van der Waals surface area (Å²) in [5.41, 5.74) is -1.19. The molecular formula is C12H20N2O4. The third-order valence-electron chi connectivity index (χ3n) is 3.54. The summed E-state index contributed by atoms with van der Waals surface area (Å²) in [6.45, 7) is 2.96. The molecule has 0 saturated heterocycles. The van der Waals surface area contributed by atoms with Crippen LogP contribution in [0.3, 0.4) is 0 Å². The summed E-state index contributed by atoms with van der Waals surface area (Å²) < 4.78 is 0. The number of amides is 2. The van der Waals surface area contributed by atoms with Gasteiger partial charge in [-0.05, 0) is 18.8 Å². The van der Waals surface area contributed by atoms with Crippen LogP contribution in [0.2, 0.25) is 0 Å². The van der Waals surface area contributed by atoms with Crippen LogP contribution in [-0.2, 0) is 14.4 Å². The fourth-order valence-electron chi connectivity index (χ4n) is 2.40. The van der Waals surface area contributed by atoms with Crippen LogP contribution in [0.25, 0.3) is 0 Å². The summed E-state index contributed by atoms with van der Waals surface area (Å²) >= 11 is 0. The molecule has 0 aromatic rings. The zero-order valence-corrected chi connectivity index (χ0v) is 10.8. The van der Waals surface area contributed by atoms with Crippen molar-refractivity contribution in [2.24, 2.45) is 5.92 Å². The molecule has 0 heterocycles. The molecule has 6 heteroatoms. The Morgan fingerprint density at radius 1 is 1.33 bits per heavy atom. The van der Waals surface area contributed by atoms with Crippen molar-refractivity contribution in [3.8, 4) is 0 Å². The van der Waals surface area contributed by atoms with Gasteiger partial charge in [-0.25, -0.2) is 4.79 Å². The van der Waals surface area contributed by atoms with Crippen LogP contribution in [0.4, 0.5) is 0 Å². The summed E-state index contributed by atoms with van der Waals surface area (Å²) in [5, 5.41) is 14.3. The number of carboxylic acid groups (broad SMARTS) is 1. The highest BCUT2D eigenvalue weighted by molar-refractivity contribution is 5.90. The van der Waals surface area contributed by atoms with E-state index in [-0.39, 0.29) is 18.4 Å². The Morgan fingerprint density at radius 2 is 2.00 bits per heavy atom. The Bertz CT molecular complexity index is 356. The van der Waals surface area contributed by atoms with E-state index in [4.69, 9.17) is 0 Å². The summed E-state index contributed by atoms with van der Waals surface area (Å²) in [7, 11) is 0. The lowest BCUT2D eigenvalue weighted by Crippen LogP contribution is -2.61. The van der Waals surface area contributed by atoms with Crippen LogP contribution in [0.5, 0.6) is 0 Å². The molecule has 18 heavy (non-hydrogen) atoms. The van der Waals surface area contributed by atoms with Crippen LogP contribution in [0.1, 0.15) is 39.5 Å². The van der Waals surface area contributed by atoms with Gasteiger partial charge in [0.05, 0.1) is 6.54 Å². The van der Waals surface area contributed by atoms with Gasteiger partial charge in [-0.3, -0.25) is 9.59 Å². The van der Waals surface area contributed by atoms with Gasteiger partial charge in [0.2, 0.25) is 11.8 Å². The Morgan fingerprint density at radius 3 is 2.50 bits per heavy atom. The molecule has 1 saturated carbocycles. The predicted molar refractivity (Wildman–Crippen MR) is 64.8 cm³/mol. The first kappa shape index (κ1) is 14.5. The monoisotopic (exact) mass is 256 g/mol. The van der Waals surface area contributed by atoms with Gasteiger partial charge in [0.1, 0.15) is 5.54 Å². The van der Waals surface area contributed by atoms with E-state index < -0.39 is 17.4 Å². The second-order valence-corrected chi connectivity index (χ2v) is 4.88. The number of nitrogens with one attached hydrogen (secondary N) is 2. The number of rotatable bonds is 4. The van der Waals surface area contributed by atoms with Gasteiger partial charge in [0.15, 0.2) is 0 Å². The molecule has 1 rings (SSSR count). The molecule has 2 atom stereocenters. The van der Waals surface area contributed by atoms with Crippen molar-refractivity contribution >= 4 is 17.8 Å². The lowest BCUT2D eigenvalue weighted by molar-refractivity contribution is -0.151. The van der Waals surface area contributed by atoms with Crippen molar-refractivity contribution in [2.75, 3.05) is 6.54 Å². The van der Waals surface area contributed by atoms with Gasteiger partial charge in [-0.2, -0.15) is 0 Å². The third-order valence-corrected chi connectivity index (χ3v) is 3.54. The zero-order valence-electron chi connectivity index (χ0n) is 10.8. The smallest absolute Gasteiger partial charge is 0.329 e. The second-order valence-electron chi connectivity index (χ2n) is 4.88. The molecule has 0 bridgehead atoms. The molecule has 102 valence electrons. The lowest BCUT2D eigenvalue weighted by Gasteiger charge is -2.39. The molecule has 0 aliphatic heterocycles. The Kier molecular flexibility index (Phi) is 4.69. The van der Waals surface area contributed by atoms with Crippen LogP contribution < -0.4 is 10.6 Å². The number of hydrogen-bond donors (Lipinski definition) is 3. The van der Waals surface area contributed by atoms with Crippen molar-refractivity contribution in [3.05, 3.63) is 0 Å². The molecular weight excluding hydrogens is 236 g/mol. The van der Waals surface area contributed by atoms with E-state index >= 15 is 0 Å². The normalized spacial score (nSPS) is 27.3. The fraction of sp³-hybridized carbons (Fsp3) is 0.750. The minimum absolute atomic E-state index is 0.106. The van der Waals surface area contributed by atoms with E-state index in [0.29, 0.717) is 6.42 Å². The number of carbonyl (C=O) groups is 3. The number of aliphatic carboxylic acids is 1. The minimum Gasteiger partial charge on any atom is -0.479 e. The fourth-order valence-corrected chi connectivity index (χ4v) is 2.40. The SMILES string of the molecule is CC(=O)NCC(=O)NC1(C(=O)O)CCCCC1C. The van der Waals surface area contributed by atoms with Gasteiger partial charge in [-0.15, -0.1) is 0 Å². The molecule has 2 unspecified atom stereocenters. The van der Waals surface area contributed by atoms with Crippen molar-refractivity contribution in [1.82, 2.24) is 10.6 Å². The molecule has 6 nitrogen and oxygen atoms in total. The van der Waals surface area contributed by atoms with E-state index in [0.717, 1.165) is 19.3 Å². The summed E-state index contributed by atoms with van der Waals surface area (Å²) in [6.07, 6.45) is 3.00. The Hall–Kier alpha value is -1.59. The highest BCUT2D eigenvalue weighted by Crippen LogP contribution is 2.33. The number of carbonyl (C=O) groups excluding carboxylic acids is 2. The maximum Gasteiger partial charge on any atom is 0.329 e. The number of hydrogen-bond acceptors (Lipinski definition) is 3. The lowest BCUT2D eigenvalue weighted by atomic mass is 9.73. The molecule has 0 radical (unpaired) electrons. The van der Waals surface area contributed by atoms with Gasteiger partial charge in [0.25, 0.3) is 0 Å². The molecule has 0 aromatic heterocycles. The van der Waals surface area contributed by atoms with E-state index in [9.17, 15) is 19.5 Å². The van der Waals surface area contributed by atoms with Crippen LogP contribution in [-0.4, -0.2) is 35.0 Å². The molecule has 1 aliphatic carbocycles. The Balaban J connectivity index is 2.70. The van der Waals surface area contributed by atoms with Crippen molar-refractivity contribution in [2.45, 2.75) is 45.1 Å². The van der Waals surface area contributed by atoms with Crippen LogP contribution in [0, 0.1) is 5.92 Å². The maximum atomic E-state index is 11.7. The van der Waals surface area contributed by atoms with E-state index in [1.807, 2.05) is 6.92 Å². The van der Waals surface area contributed by atoms with E-state index in [1.54, 1.807) is 0 Å². The highest BCUT2D eigenvalue weighted by atomic mass is 16.4. The van der Waals surface area contributed by atoms with Gasteiger partial charge < -0.3 is 15.7 Å². The van der Waals surface area contributed by atoms with Gasteiger partial charge in [0, 0.05) is 6.92 Å². The third kappa shape index (κ3) is 3.21. The van der Waals surface area contributed by atoms with Crippen molar-refractivity contribution < 1.29 is 19.5 Å². The quantitative estimate of drug-likeness (QED) is 0.673. The Labute approximate surface area is 106 Å². The summed E-state index contributed by atoms with van der Waals surface area (Å²) in [4.78, 5) is 33.9. The predicted octanol–water partition coefficient (Wildman–Crippen LogP) is 0.272. The zero-order chi connectivity index (χ0) is 13.8. The largest absolute Gasteiger partial charge is 0.479 e. The highest BCUT2D eigenvalue weighted by Gasteiger charge is 2.46. The van der Waals surface area contributed by atoms with Crippen LogP contribution >= 0.6 is 0 Å². The first-order valence-corrected chi connectivity index (χ1v) is 6.17. The minimum atomic E-state index is -1.19. The molecule has 0 aromatic carbocycles. The summed E-state index contributed by atoms with van der Waals surface area (Å²) in [5.74, 6) is -1.87. The van der Waals surface area contributed by atoms with Crippen LogP contribution in [0.15, 0.2) is 0 Å². The topological polar surface area (TPSA) is 95.5 Å². The summed E-state index contributed by atoms with van der Waals surface area (Å²) in [6, 6.07) is 0. The maximum absolute atomic E-state index is 11.7. The van der Waals surface area contributed by atoms with Gasteiger partial charge >= 0.3 is 5.97 Å². The average molecular weight is 256 g/mol. The molecule has 1 fully saturated rings. The van der Waals surface area contributed by atoms with Crippen molar-refractivity contribution in [3.63, 3.8) is 0 Å². The second kappa shape index (κ2) is 5.84. The standard InChI is InChI=1S/C12H20N2O4/c1-8-5-3-4-6-12(8,11(17)18)14-10(16)7-13-9(2)15/h8H,3-7H2,1-2H3,(H,13,15)(H,14,16)(H,17,18). The average Bonchev–Trinajstić information content (AvgIpc) is 2.29. The van der Waals surface area contributed by atoms with E-state index in [2.05, 4.69) is 10.6 Å². The first-order valence-electron chi connectivity index (χ1n) is 6.17. The molecule has 1 aliphatic rings. The van der Waals surface area contributed by atoms with Crippen molar-refractivity contribution in [1.29, 1.82) is 0 Å². The van der Waals surface area contributed by atoms with Gasteiger partial charge in [-0.1, -0.05) is 19.8 Å². The molecule has 2 amide bonds. The molecule has 0 spiro atoms. The first-order chi connectivity index (χ1) is 8.38. The van der Waals surface area contributed by atoms with E-state index in [1.165, 1.54) is 6.92 Å². The molecule has 3 N–H and O–H groups in total. The number of carboxylic acids is 1.